The number of methoxy groups -OCH3 is 2. The van der Waals surface area contributed by atoms with E-state index in [2.05, 4.69) is 5.32 Å². The van der Waals surface area contributed by atoms with Crippen molar-refractivity contribution < 1.29 is 27.5 Å². The van der Waals surface area contributed by atoms with Gasteiger partial charge >= 0.3 is 5.97 Å². The van der Waals surface area contributed by atoms with E-state index in [1.165, 1.54) is 50.7 Å². The molecule has 2 aromatic rings. The maximum Gasteiger partial charge on any atom is 0.341 e. The zero-order valence-corrected chi connectivity index (χ0v) is 20.6. The number of carbonyl (C=O) groups is 2. The lowest BCUT2D eigenvalue weighted by Gasteiger charge is -2.28. The van der Waals surface area contributed by atoms with Gasteiger partial charge in [-0.2, -0.15) is 0 Å². The fourth-order valence-corrected chi connectivity index (χ4v) is 6.49. The third-order valence-electron chi connectivity index (χ3n) is 5.28. The highest BCUT2D eigenvalue weighted by atomic mass is 35.5. The van der Waals surface area contributed by atoms with E-state index in [9.17, 15) is 18.0 Å². The summed E-state index contributed by atoms with van der Waals surface area (Å²) >= 11 is 7.51. The van der Waals surface area contributed by atoms with Crippen LogP contribution < -0.4 is 14.4 Å². The molecule has 1 heterocycles. The zero-order valence-electron chi connectivity index (χ0n) is 18.2. The number of anilines is 2. The van der Waals surface area contributed by atoms with Crippen LogP contribution >= 0.6 is 22.9 Å². The summed E-state index contributed by atoms with van der Waals surface area (Å²) in [5.74, 6) is -0.715. The highest BCUT2D eigenvalue weighted by Crippen LogP contribution is 2.39. The van der Waals surface area contributed by atoms with Gasteiger partial charge in [0.15, 0.2) is 0 Å². The maximum absolute atomic E-state index is 13.1. The SMILES string of the molecule is COC(=O)c1c(NC(=O)C(C)N(c2ccc(OC)c(Cl)c2)S(C)(=O)=O)sc2c1CCCC2. The number of carbonyl (C=O) groups excluding carboxylic acids is 2. The van der Waals surface area contributed by atoms with Crippen molar-refractivity contribution in [3.63, 3.8) is 0 Å². The number of nitrogens with one attached hydrogen (secondary N) is 1. The average Bonchev–Trinajstić information content (AvgIpc) is 3.10. The number of amides is 1. The first-order chi connectivity index (χ1) is 15.1. The fraction of sp³-hybridized carbons (Fsp3) is 0.429. The van der Waals surface area contributed by atoms with Crippen LogP contribution in [0.4, 0.5) is 10.7 Å². The number of thiophene rings is 1. The number of esters is 1. The Bertz CT molecular complexity index is 1150. The quantitative estimate of drug-likeness (QED) is 0.579. The molecule has 1 atom stereocenters. The van der Waals surface area contributed by atoms with Gasteiger partial charge in [0.1, 0.15) is 16.8 Å². The molecular formula is C21H25ClN2O6S2. The van der Waals surface area contributed by atoms with Crippen LogP contribution in [-0.4, -0.2) is 46.8 Å². The van der Waals surface area contributed by atoms with Crippen LogP contribution in [0.3, 0.4) is 0 Å². The number of fused-ring (bicyclic) bond motifs is 1. The molecule has 0 radical (unpaired) electrons. The Balaban J connectivity index is 1.95. The molecule has 1 aromatic carbocycles. The standard InChI is InChI=1S/C21H25ClN2O6S2/c1-12(24(32(4,27)28)13-9-10-16(29-2)15(22)11-13)19(25)23-20-18(21(26)30-3)14-7-5-6-8-17(14)31-20/h9-12H,5-8H2,1-4H3,(H,23,25). The van der Waals surface area contributed by atoms with E-state index >= 15 is 0 Å². The van der Waals surface area contributed by atoms with Crippen molar-refractivity contribution in [1.29, 1.82) is 0 Å². The van der Waals surface area contributed by atoms with Crippen molar-refractivity contribution in [2.75, 3.05) is 30.1 Å². The zero-order chi connectivity index (χ0) is 23.6. The molecule has 3 rings (SSSR count). The fourth-order valence-electron chi connectivity index (χ4n) is 3.79. The van der Waals surface area contributed by atoms with E-state index in [-0.39, 0.29) is 10.7 Å². The monoisotopic (exact) mass is 500 g/mol. The molecular weight excluding hydrogens is 476 g/mol. The molecule has 1 aromatic heterocycles. The summed E-state index contributed by atoms with van der Waals surface area (Å²) in [5.41, 5.74) is 1.48. The normalized spacial score (nSPS) is 14.3. The van der Waals surface area contributed by atoms with Crippen LogP contribution in [0, 0.1) is 0 Å². The molecule has 0 aliphatic heterocycles. The van der Waals surface area contributed by atoms with Gasteiger partial charge in [-0.15, -0.1) is 11.3 Å². The lowest BCUT2D eigenvalue weighted by Crippen LogP contribution is -2.45. The van der Waals surface area contributed by atoms with Crippen LogP contribution in [0.1, 0.15) is 40.6 Å². The number of sulfonamides is 1. The van der Waals surface area contributed by atoms with Crippen molar-refractivity contribution in [2.45, 2.75) is 38.6 Å². The Morgan fingerprint density at radius 3 is 2.50 bits per heavy atom. The van der Waals surface area contributed by atoms with E-state index in [0.717, 1.165) is 46.7 Å². The number of ether oxygens (including phenoxy) is 2. The first kappa shape index (κ1) is 24.3. The van der Waals surface area contributed by atoms with Gasteiger partial charge in [-0.1, -0.05) is 11.6 Å². The number of nitrogens with zero attached hydrogens (tertiary/aromatic N) is 1. The summed E-state index contributed by atoms with van der Waals surface area (Å²) < 4.78 is 36.2. The molecule has 0 spiro atoms. The summed E-state index contributed by atoms with van der Waals surface area (Å²) in [4.78, 5) is 26.6. The van der Waals surface area contributed by atoms with E-state index < -0.39 is 27.9 Å². The number of halogens is 1. The Labute approximate surface area is 196 Å². The average molecular weight is 501 g/mol. The van der Waals surface area contributed by atoms with Gasteiger partial charge < -0.3 is 14.8 Å². The second-order valence-electron chi connectivity index (χ2n) is 7.45. The molecule has 1 aliphatic carbocycles. The first-order valence-electron chi connectivity index (χ1n) is 9.95. The maximum atomic E-state index is 13.1. The minimum atomic E-state index is -3.84. The molecule has 1 aliphatic rings. The van der Waals surface area contributed by atoms with Crippen molar-refractivity contribution >= 4 is 55.5 Å². The number of hydrogen-bond donors (Lipinski definition) is 1. The Kier molecular flexibility index (Phi) is 7.36. The van der Waals surface area contributed by atoms with Crippen LogP contribution in [-0.2, 0) is 32.4 Å². The van der Waals surface area contributed by atoms with Gasteiger partial charge in [0, 0.05) is 4.88 Å². The number of aryl methyl sites for hydroxylation is 1. The molecule has 1 N–H and O–H groups in total. The minimum absolute atomic E-state index is 0.213. The molecule has 0 saturated heterocycles. The Hall–Kier alpha value is -2.30. The van der Waals surface area contributed by atoms with Crippen molar-refractivity contribution in [1.82, 2.24) is 0 Å². The summed E-state index contributed by atoms with van der Waals surface area (Å²) in [6, 6.07) is 3.36. The second kappa shape index (κ2) is 9.68. The molecule has 0 bridgehead atoms. The van der Waals surface area contributed by atoms with E-state index in [1.54, 1.807) is 0 Å². The second-order valence-corrected chi connectivity index (χ2v) is 10.8. The predicted molar refractivity (Wildman–Crippen MR) is 126 cm³/mol. The van der Waals surface area contributed by atoms with Crippen molar-refractivity contribution in [3.8, 4) is 5.75 Å². The molecule has 32 heavy (non-hydrogen) atoms. The first-order valence-corrected chi connectivity index (χ1v) is 13.0. The number of rotatable bonds is 7. The summed E-state index contributed by atoms with van der Waals surface area (Å²) in [6.45, 7) is 1.47. The van der Waals surface area contributed by atoms with Gasteiger partial charge in [-0.05, 0) is 56.4 Å². The van der Waals surface area contributed by atoms with Crippen molar-refractivity contribution in [3.05, 3.63) is 39.2 Å². The van der Waals surface area contributed by atoms with Crippen molar-refractivity contribution in [2.24, 2.45) is 0 Å². The van der Waals surface area contributed by atoms with Crippen LogP contribution in [0.25, 0.3) is 0 Å². The summed E-state index contributed by atoms with van der Waals surface area (Å²) in [6.07, 6.45) is 4.55. The molecule has 0 fully saturated rings. The van der Waals surface area contributed by atoms with E-state index in [0.29, 0.717) is 16.3 Å². The predicted octanol–water partition coefficient (Wildman–Crippen LogP) is 3.87. The third-order valence-corrected chi connectivity index (χ3v) is 8.02. The smallest absolute Gasteiger partial charge is 0.341 e. The molecule has 174 valence electrons. The lowest BCUT2D eigenvalue weighted by molar-refractivity contribution is -0.116. The third kappa shape index (κ3) is 4.87. The topological polar surface area (TPSA) is 102 Å². The van der Waals surface area contributed by atoms with Crippen LogP contribution in [0.15, 0.2) is 18.2 Å². The highest BCUT2D eigenvalue weighted by molar-refractivity contribution is 7.92. The lowest BCUT2D eigenvalue weighted by atomic mass is 9.95. The largest absolute Gasteiger partial charge is 0.495 e. The van der Waals surface area contributed by atoms with E-state index in [4.69, 9.17) is 21.1 Å². The molecule has 1 amide bonds. The molecule has 1 unspecified atom stereocenters. The molecule has 8 nitrogen and oxygen atoms in total. The Morgan fingerprint density at radius 2 is 1.91 bits per heavy atom. The molecule has 11 heteroatoms. The summed E-state index contributed by atoms with van der Waals surface area (Å²) in [7, 11) is -1.10. The minimum Gasteiger partial charge on any atom is -0.495 e. The van der Waals surface area contributed by atoms with Crippen LogP contribution in [0.2, 0.25) is 5.02 Å². The van der Waals surface area contributed by atoms with Gasteiger partial charge in [-0.3, -0.25) is 9.10 Å². The van der Waals surface area contributed by atoms with Gasteiger partial charge in [-0.25, -0.2) is 13.2 Å². The Morgan fingerprint density at radius 1 is 1.22 bits per heavy atom. The summed E-state index contributed by atoms with van der Waals surface area (Å²) in [5, 5.41) is 3.35. The highest BCUT2D eigenvalue weighted by Gasteiger charge is 2.32. The van der Waals surface area contributed by atoms with Gasteiger partial charge in [0.25, 0.3) is 0 Å². The number of benzene rings is 1. The van der Waals surface area contributed by atoms with Crippen LogP contribution in [0.5, 0.6) is 5.75 Å². The van der Waals surface area contributed by atoms with Gasteiger partial charge in [0.05, 0.1) is 36.7 Å². The van der Waals surface area contributed by atoms with E-state index in [1.807, 2.05) is 0 Å². The van der Waals surface area contributed by atoms with Gasteiger partial charge in [0.2, 0.25) is 15.9 Å². The molecule has 0 saturated carbocycles. The number of hydrogen-bond acceptors (Lipinski definition) is 7.